The molecule has 3 nitrogen and oxygen atoms in total. The highest BCUT2D eigenvalue weighted by Gasteiger charge is 2.24. The Bertz CT molecular complexity index is 746. The Hall–Kier alpha value is -1.62. The lowest BCUT2D eigenvalue weighted by molar-refractivity contribution is 0.0624. The Morgan fingerprint density at radius 2 is 1.71 bits per heavy atom. The quantitative estimate of drug-likeness (QED) is 0.816. The van der Waals surface area contributed by atoms with Crippen molar-refractivity contribution in [2.24, 2.45) is 0 Å². The zero-order valence-electron chi connectivity index (χ0n) is 13.0. The second-order valence-corrected chi connectivity index (χ2v) is 6.70. The third-order valence-corrected chi connectivity index (χ3v) is 4.58. The van der Waals surface area contributed by atoms with E-state index in [-0.39, 0.29) is 11.5 Å². The van der Waals surface area contributed by atoms with Crippen LogP contribution in [0.25, 0.3) is 0 Å². The van der Waals surface area contributed by atoms with Crippen LogP contribution in [0.1, 0.15) is 15.9 Å². The smallest absolute Gasteiger partial charge is 0.256 e. The summed E-state index contributed by atoms with van der Waals surface area (Å²) in [5.41, 5.74) is 1.17. The average molecular weight is 367 g/mol. The van der Waals surface area contributed by atoms with Gasteiger partial charge in [0.25, 0.3) is 5.91 Å². The van der Waals surface area contributed by atoms with E-state index in [1.807, 2.05) is 24.3 Å². The summed E-state index contributed by atoms with van der Waals surface area (Å²) in [6.07, 6.45) is 0. The first-order chi connectivity index (χ1) is 11.5. The van der Waals surface area contributed by atoms with E-state index in [1.165, 1.54) is 18.2 Å². The Morgan fingerprint density at radius 3 is 2.42 bits per heavy atom. The molecule has 0 N–H and O–H groups in total. The third kappa shape index (κ3) is 4.07. The summed E-state index contributed by atoms with van der Waals surface area (Å²) in [4.78, 5) is 16.4. The standard InChI is InChI=1S/C18H17Cl2FN2O/c19-14-3-1-2-13(10-14)12-22-6-8-23(9-7-22)18(24)16-11-15(20)4-5-17(16)21/h1-5,10-11H,6-9,12H2. The van der Waals surface area contributed by atoms with Crippen LogP contribution in [0.15, 0.2) is 42.5 Å². The molecule has 1 fully saturated rings. The molecule has 126 valence electrons. The molecule has 1 saturated heterocycles. The molecule has 1 aliphatic heterocycles. The van der Waals surface area contributed by atoms with Crippen LogP contribution >= 0.6 is 23.2 Å². The summed E-state index contributed by atoms with van der Waals surface area (Å²) in [7, 11) is 0. The Labute approximate surface area is 150 Å². The van der Waals surface area contributed by atoms with Gasteiger partial charge in [0.2, 0.25) is 0 Å². The molecule has 0 bridgehead atoms. The van der Waals surface area contributed by atoms with Gasteiger partial charge in [-0.05, 0) is 35.9 Å². The lowest BCUT2D eigenvalue weighted by Gasteiger charge is -2.34. The zero-order chi connectivity index (χ0) is 17.1. The maximum absolute atomic E-state index is 13.8. The normalized spacial score (nSPS) is 15.5. The van der Waals surface area contributed by atoms with Crippen LogP contribution in [-0.4, -0.2) is 41.9 Å². The largest absolute Gasteiger partial charge is 0.336 e. The number of benzene rings is 2. The van der Waals surface area contributed by atoms with Crippen molar-refractivity contribution in [3.63, 3.8) is 0 Å². The van der Waals surface area contributed by atoms with Gasteiger partial charge in [0.05, 0.1) is 5.56 Å². The highest BCUT2D eigenvalue weighted by Crippen LogP contribution is 2.19. The molecule has 0 saturated carbocycles. The first-order valence-electron chi connectivity index (χ1n) is 7.74. The van der Waals surface area contributed by atoms with Gasteiger partial charge >= 0.3 is 0 Å². The Morgan fingerprint density at radius 1 is 1.00 bits per heavy atom. The summed E-state index contributed by atoms with van der Waals surface area (Å²) in [6.45, 7) is 3.38. The molecule has 1 heterocycles. The molecule has 0 aliphatic carbocycles. The van der Waals surface area contributed by atoms with Crippen molar-refractivity contribution in [3.05, 3.63) is 69.5 Å². The number of rotatable bonds is 3. The number of hydrogen-bond acceptors (Lipinski definition) is 2. The summed E-state index contributed by atoms with van der Waals surface area (Å²) in [5, 5.41) is 1.08. The van der Waals surface area contributed by atoms with Crippen LogP contribution in [-0.2, 0) is 6.54 Å². The molecule has 6 heteroatoms. The van der Waals surface area contributed by atoms with Gasteiger partial charge < -0.3 is 4.90 Å². The van der Waals surface area contributed by atoms with E-state index < -0.39 is 5.82 Å². The Kier molecular flexibility index (Phi) is 5.39. The zero-order valence-corrected chi connectivity index (χ0v) is 14.5. The van der Waals surface area contributed by atoms with Gasteiger partial charge in [0.1, 0.15) is 5.82 Å². The van der Waals surface area contributed by atoms with Crippen LogP contribution in [0.3, 0.4) is 0 Å². The lowest BCUT2D eigenvalue weighted by atomic mass is 10.1. The second-order valence-electron chi connectivity index (χ2n) is 5.82. The van der Waals surface area contributed by atoms with E-state index in [1.54, 1.807) is 4.90 Å². The molecule has 0 aromatic heterocycles. The van der Waals surface area contributed by atoms with E-state index in [4.69, 9.17) is 23.2 Å². The number of piperazine rings is 1. The maximum Gasteiger partial charge on any atom is 0.256 e. The van der Waals surface area contributed by atoms with Crippen LogP contribution in [0.5, 0.6) is 0 Å². The lowest BCUT2D eigenvalue weighted by Crippen LogP contribution is -2.48. The molecular formula is C18H17Cl2FN2O. The van der Waals surface area contributed by atoms with E-state index in [0.29, 0.717) is 18.1 Å². The number of hydrogen-bond donors (Lipinski definition) is 0. The molecule has 0 radical (unpaired) electrons. The van der Waals surface area contributed by atoms with Crippen LogP contribution in [0.2, 0.25) is 10.0 Å². The number of carbonyl (C=O) groups is 1. The molecule has 2 aromatic rings. The van der Waals surface area contributed by atoms with Crippen LogP contribution in [0.4, 0.5) is 4.39 Å². The van der Waals surface area contributed by atoms with Gasteiger partial charge in [0.15, 0.2) is 0 Å². The molecule has 1 aliphatic rings. The van der Waals surface area contributed by atoms with E-state index in [2.05, 4.69) is 4.90 Å². The minimum Gasteiger partial charge on any atom is -0.336 e. The summed E-state index contributed by atoms with van der Waals surface area (Å²) >= 11 is 11.9. The van der Waals surface area contributed by atoms with Crippen molar-refractivity contribution in [1.82, 2.24) is 9.80 Å². The van der Waals surface area contributed by atoms with Crippen LogP contribution in [0, 0.1) is 5.82 Å². The van der Waals surface area contributed by atoms with Gasteiger partial charge in [-0.15, -0.1) is 0 Å². The topological polar surface area (TPSA) is 23.6 Å². The number of amides is 1. The van der Waals surface area contributed by atoms with E-state index in [0.717, 1.165) is 30.2 Å². The monoisotopic (exact) mass is 366 g/mol. The minimum absolute atomic E-state index is 0.0331. The predicted octanol–water partition coefficient (Wildman–Crippen LogP) is 4.09. The van der Waals surface area contributed by atoms with Gasteiger partial charge in [-0.3, -0.25) is 9.69 Å². The van der Waals surface area contributed by atoms with Crippen LogP contribution < -0.4 is 0 Å². The highest BCUT2D eigenvalue weighted by molar-refractivity contribution is 6.31. The molecule has 1 amide bonds. The van der Waals surface area contributed by atoms with Gasteiger partial charge in [-0.25, -0.2) is 4.39 Å². The van der Waals surface area contributed by atoms with Crippen molar-refractivity contribution >= 4 is 29.1 Å². The minimum atomic E-state index is -0.536. The summed E-state index contributed by atoms with van der Waals surface area (Å²) in [6, 6.07) is 11.8. The molecule has 3 rings (SSSR count). The highest BCUT2D eigenvalue weighted by atomic mass is 35.5. The molecular weight excluding hydrogens is 350 g/mol. The van der Waals surface area contributed by atoms with E-state index >= 15 is 0 Å². The fourth-order valence-electron chi connectivity index (χ4n) is 2.83. The first kappa shape index (κ1) is 17.2. The summed E-state index contributed by atoms with van der Waals surface area (Å²) in [5.74, 6) is -0.844. The average Bonchev–Trinajstić information content (AvgIpc) is 2.57. The van der Waals surface area contributed by atoms with Crippen molar-refractivity contribution in [2.45, 2.75) is 6.54 Å². The predicted molar refractivity (Wildman–Crippen MR) is 94.0 cm³/mol. The number of carbonyl (C=O) groups excluding carboxylic acids is 1. The molecule has 0 unspecified atom stereocenters. The van der Waals surface area contributed by atoms with Crippen molar-refractivity contribution in [1.29, 1.82) is 0 Å². The fraction of sp³-hybridized carbons (Fsp3) is 0.278. The Balaban J connectivity index is 1.60. The van der Waals surface area contributed by atoms with Gasteiger partial charge in [0, 0.05) is 42.8 Å². The first-order valence-corrected chi connectivity index (χ1v) is 8.49. The third-order valence-electron chi connectivity index (χ3n) is 4.11. The van der Waals surface area contributed by atoms with Crippen molar-refractivity contribution in [3.8, 4) is 0 Å². The molecule has 2 aromatic carbocycles. The summed E-state index contributed by atoms with van der Waals surface area (Å²) < 4.78 is 13.8. The molecule has 24 heavy (non-hydrogen) atoms. The van der Waals surface area contributed by atoms with Crippen molar-refractivity contribution < 1.29 is 9.18 Å². The van der Waals surface area contributed by atoms with Crippen molar-refractivity contribution in [2.75, 3.05) is 26.2 Å². The molecule has 0 atom stereocenters. The number of nitrogens with zero attached hydrogens (tertiary/aromatic N) is 2. The maximum atomic E-state index is 13.8. The second kappa shape index (κ2) is 7.51. The van der Waals surface area contributed by atoms with E-state index in [9.17, 15) is 9.18 Å². The van der Waals surface area contributed by atoms with Gasteiger partial charge in [-0.1, -0.05) is 35.3 Å². The number of halogens is 3. The van der Waals surface area contributed by atoms with Gasteiger partial charge in [-0.2, -0.15) is 0 Å². The SMILES string of the molecule is O=C(c1cc(Cl)ccc1F)N1CCN(Cc2cccc(Cl)c2)CC1. The molecule has 0 spiro atoms. The fourth-order valence-corrected chi connectivity index (χ4v) is 3.22.